The van der Waals surface area contributed by atoms with E-state index in [-0.39, 0.29) is 48.4 Å². The lowest BCUT2D eigenvalue weighted by Gasteiger charge is -2.45. The average molecular weight is 491 g/mol. The number of carbonyl (C=O) groups is 2. The Labute approximate surface area is 206 Å². The Morgan fingerprint density at radius 1 is 1.29 bits per heavy atom. The van der Waals surface area contributed by atoms with Gasteiger partial charge in [0.1, 0.15) is 0 Å². The van der Waals surface area contributed by atoms with Crippen LogP contribution in [0.5, 0.6) is 0 Å². The number of hydrogen-bond donors (Lipinski definition) is 3. The quantitative estimate of drug-likeness (QED) is 0.578. The molecule has 3 N–H and O–H groups in total. The Morgan fingerprint density at radius 2 is 2.03 bits per heavy atom. The highest BCUT2D eigenvalue weighted by Gasteiger charge is 2.44. The maximum absolute atomic E-state index is 13.2. The number of benzene rings is 1. The summed E-state index contributed by atoms with van der Waals surface area (Å²) >= 11 is 6.77. The zero-order valence-electron chi connectivity index (χ0n) is 20.2. The number of amides is 2. The Morgan fingerprint density at radius 3 is 2.68 bits per heavy atom. The molecule has 9 heteroatoms. The number of anilines is 1. The van der Waals surface area contributed by atoms with Gasteiger partial charge in [0.15, 0.2) is 5.96 Å². The molecule has 2 saturated heterocycles. The number of rotatable bonds is 5. The third-order valence-corrected chi connectivity index (χ3v) is 7.87. The molecule has 1 aromatic carbocycles. The van der Waals surface area contributed by atoms with Crippen LogP contribution in [-0.4, -0.2) is 54.6 Å². The molecule has 0 unspecified atom stereocenters. The summed E-state index contributed by atoms with van der Waals surface area (Å²) in [6.45, 7) is 4.45. The van der Waals surface area contributed by atoms with Crippen molar-refractivity contribution in [2.24, 2.45) is 5.92 Å². The Balaban J connectivity index is 1.48. The molecule has 1 aliphatic carbocycles. The molecule has 0 aromatic heterocycles. The standard InChI is InChI=1S/C25H35ClN4O4/c1-15-13-17(11-12-34-15)30-21(31)14-25(2,29-24(30)27)19-5-4-6-20(22(19)26)28-23(32)16-7-9-18(33-3)10-8-16/h4-6,15-18H,7-14H2,1-3H3,(H2,27,29)(H,28,32)/t15-,16?,17-,18?,25+/m1/s1. The number of carbonyl (C=O) groups excluding carboxylic acids is 2. The van der Waals surface area contributed by atoms with Crippen molar-refractivity contribution in [2.45, 2.75) is 82.6 Å². The molecule has 3 aliphatic rings. The molecule has 1 aromatic rings. The number of nitrogens with one attached hydrogen (secondary N) is 3. The van der Waals surface area contributed by atoms with E-state index in [1.807, 2.05) is 26.0 Å². The fourth-order valence-electron chi connectivity index (χ4n) is 5.49. The van der Waals surface area contributed by atoms with Crippen LogP contribution in [0.3, 0.4) is 0 Å². The lowest BCUT2D eigenvalue weighted by Crippen LogP contribution is -2.63. The Bertz CT molecular complexity index is 929. The van der Waals surface area contributed by atoms with Gasteiger partial charge in [-0.15, -0.1) is 0 Å². The van der Waals surface area contributed by atoms with E-state index in [1.165, 1.54) is 0 Å². The van der Waals surface area contributed by atoms with Crippen LogP contribution in [0.25, 0.3) is 0 Å². The van der Waals surface area contributed by atoms with E-state index in [0.29, 0.717) is 35.7 Å². The second kappa shape index (κ2) is 10.2. The van der Waals surface area contributed by atoms with Crippen LogP contribution in [0.15, 0.2) is 18.2 Å². The number of guanidine groups is 1. The van der Waals surface area contributed by atoms with E-state index in [4.69, 9.17) is 26.5 Å². The first-order valence-corrected chi connectivity index (χ1v) is 12.5. The van der Waals surface area contributed by atoms with Gasteiger partial charge >= 0.3 is 0 Å². The fourth-order valence-corrected chi connectivity index (χ4v) is 5.87. The molecule has 0 radical (unpaired) electrons. The van der Waals surface area contributed by atoms with E-state index in [1.54, 1.807) is 18.1 Å². The predicted octanol–water partition coefficient (Wildman–Crippen LogP) is 4.02. The maximum Gasteiger partial charge on any atom is 0.232 e. The molecular weight excluding hydrogens is 456 g/mol. The topological polar surface area (TPSA) is 104 Å². The van der Waals surface area contributed by atoms with Crippen LogP contribution < -0.4 is 10.6 Å². The number of nitrogens with zero attached hydrogens (tertiary/aromatic N) is 1. The number of methoxy groups -OCH3 is 1. The van der Waals surface area contributed by atoms with E-state index in [0.717, 1.165) is 25.7 Å². The van der Waals surface area contributed by atoms with E-state index >= 15 is 0 Å². The number of ether oxygens (including phenoxy) is 2. The Kier molecular flexibility index (Phi) is 7.50. The molecule has 2 heterocycles. The summed E-state index contributed by atoms with van der Waals surface area (Å²) in [5, 5.41) is 15.2. The minimum absolute atomic E-state index is 0.0426. The average Bonchev–Trinajstić information content (AvgIpc) is 2.80. The Hall–Kier alpha value is -2.16. The van der Waals surface area contributed by atoms with Gasteiger partial charge in [0.25, 0.3) is 0 Å². The summed E-state index contributed by atoms with van der Waals surface area (Å²) in [6, 6.07) is 5.41. The predicted molar refractivity (Wildman–Crippen MR) is 131 cm³/mol. The SMILES string of the molecule is COC1CCC(C(=O)Nc2cccc([C@]3(C)CC(=O)N([C@@H]4CCO[C@H](C)C4)C(=N)N3)c2Cl)CC1. The van der Waals surface area contributed by atoms with Crippen molar-refractivity contribution in [1.29, 1.82) is 5.41 Å². The smallest absolute Gasteiger partial charge is 0.232 e. The zero-order chi connectivity index (χ0) is 24.5. The summed E-state index contributed by atoms with van der Waals surface area (Å²) < 4.78 is 11.0. The maximum atomic E-state index is 13.2. The molecule has 186 valence electrons. The van der Waals surface area contributed by atoms with Crippen LogP contribution in [0.2, 0.25) is 5.02 Å². The lowest BCUT2D eigenvalue weighted by atomic mass is 9.85. The highest BCUT2D eigenvalue weighted by Crippen LogP contribution is 2.39. The van der Waals surface area contributed by atoms with Crippen LogP contribution in [0, 0.1) is 11.3 Å². The van der Waals surface area contributed by atoms with Crippen molar-refractivity contribution in [3.63, 3.8) is 0 Å². The van der Waals surface area contributed by atoms with Crippen molar-refractivity contribution >= 4 is 35.1 Å². The summed E-state index contributed by atoms with van der Waals surface area (Å²) in [4.78, 5) is 27.7. The third-order valence-electron chi connectivity index (χ3n) is 7.46. The zero-order valence-corrected chi connectivity index (χ0v) is 20.9. The number of hydrogen-bond acceptors (Lipinski definition) is 5. The summed E-state index contributed by atoms with van der Waals surface area (Å²) in [7, 11) is 1.71. The largest absolute Gasteiger partial charge is 0.381 e. The number of halogens is 1. The van der Waals surface area contributed by atoms with Gasteiger partial charge in [0.05, 0.1) is 34.9 Å². The van der Waals surface area contributed by atoms with Gasteiger partial charge in [-0.3, -0.25) is 19.9 Å². The highest BCUT2D eigenvalue weighted by atomic mass is 35.5. The third kappa shape index (κ3) is 5.09. The van der Waals surface area contributed by atoms with Gasteiger partial charge < -0.3 is 20.1 Å². The van der Waals surface area contributed by atoms with Crippen molar-refractivity contribution in [2.75, 3.05) is 19.0 Å². The van der Waals surface area contributed by atoms with Crippen molar-refractivity contribution in [3.8, 4) is 0 Å². The van der Waals surface area contributed by atoms with Crippen LogP contribution in [-0.2, 0) is 24.6 Å². The van der Waals surface area contributed by atoms with Crippen LogP contribution in [0.4, 0.5) is 5.69 Å². The molecule has 34 heavy (non-hydrogen) atoms. The molecule has 2 aliphatic heterocycles. The first-order valence-electron chi connectivity index (χ1n) is 12.1. The van der Waals surface area contributed by atoms with E-state index in [9.17, 15) is 9.59 Å². The van der Waals surface area contributed by atoms with Gasteiger partial charge in [0.2, 0.25) is 11.8 Å². The highest BCUT2D eigenvalue weighted by molar-refractivity contribution is 6.34. The van der Waals surface area contributed by atoms with Crippen LogP contribution >= 0.6 is 11.6 Å². The van der Waals surface area contributed by atoms with Crippen LogP contribution in [0.1, 0.15) is 64.4 Å². The normalized spacial score (nSPS) is 32.3. The molecule has 8 nitrogen and oxygen atoms in total. The van der Waals surface area contributed by atoms with Gasteiger partial charge in [-0.1, -0.05) is 23.7 Å². The molecule has 2 amide bonds. The molecule has 0 bridgehead atoms. The summed E-state index contributed by atoms with van der Waals surface area (Å²) in [5.74, 6) is -0.136. The molecule has 3 atom stereocenters. The van der Waals surface area contributed by atoms with Gasteiger partial charge in [-0.05, 0) is 64.0 Å². The van der Waals surface area contributed by atoms with Gasteiger partial charge in [-0.2, -0.15) is 0 Å². The van der Waals surface area contributed by atoms with E-state index < -0.39 is 5.54 Å². The first-order chi connectivity index (χ1) is 16.2. The molecular formula is C25H35ClN4O4. The molecule has 3 fully saturated rings. The molecule has 4 rings (SSSR count). The second-order valence-electron chi connectivity index (χ2n) is 9.97. The van der Waals surface area contributed by atoms with Crippen molar-refractivity contribution in [1.82, 2.24) is 10.2 Å². The minimum Gasteiger partial charge on any atom is -0.381 e. The van der Waals surface area contributed by atoms with E-state index in [2.05, 4.69) is 10.6 Å². The molecule has 0 spiro atoms. The van der Waals surface area contributed by atoms with Gasteiger partial charge in [-0.25, -0.2) is 0 Å². The van der Waals surface area contributed by atoms with Crippen molar-refractivity contribution in [3.05, 3.63) is 28.8 Å². The first kappa shape index (κ1) is 24.9. The fraction of sp³-hybridized carbons (Fsp3) is 0.640. The molecule has 1 saturated carbocycles. The monoisotopic (exact) mass is 490 g/mol. The minimum atomic E-state index is -0.851. The van der Waals surface area contributed by atoms with Gasteiger partial charge in [0, 0.05) is 25.7 Å². The summed E-state index contributed by atoms with van der Waals surface area (Å²) in [5.41, 5.74) is 0.365. The summed E-state index contributed by atoms with van der Waals surface area (Å²) in [6.07, 6.45) is 5.19. The lowest BCUT2D eigenvalue weighted by molar-refractivity contribution is -0.134. The second-order valence-corrected chi connectivity index (χ2v) is 10.3. The van der Waals surface area contributed by atoms with Crippen molar-refractivity contribution < 1.29 is 19.1 Å².